The summed E-state index contributed by atoms with van der Waals surface area (Å²) in [4.78, 5) is 33.5. The van der Waals surface area contributed by atoms with E-state index in [0.29, 0.717) is 30.2 Å². The molecule has 0 fully saturated rings. The Kier molecular flexibility index (Phi) is 7.71. The molecule has 2 amide bonds. The van der Waals surface area contributed by atoms with Gasteiger partial charge in [0.15, 0.2) is 11.5 Å². The normalized spacial score (nSPS) is 15.3. The molecule has 2 aromatic rings. The van der Waals surface area contributed by atoms with Crippen molar-refractivity contribution in [3.05, 3.63) is 42.0 Å². The van der Waals surface area contributed by atoms with Gasteiger partial charge in [0.05, 0.1) is 19.9 Å². The fraction of sp³-hybridized carbons (Fsp3) is 0.400. The zero-order valence-corrected chi connectivity index (χ0v) is 20.1. The van der Waals surface area contributed by atoms with Crippen LogP contribution in [0.5, 0.6) is 11.5 Å². The highest BCUT2D eigenvalue weighted by Gasteiger charge is 2.35. The molecule has 3 rings (SSSR count). The van der Waals surface area contributed by atoms with Crippen molar-refractivity contribution in [1.82, 2.24) is 4.90 Å². The number of ether oxygens (including phenoxy) is 2. The third-order valence-electron chi connectivity index (χ3n) is 5.67. The highest BCUT2D eigenvalue weighted by atomic mass is 16.5. The van der Waals surface area contributed by atoms with Crippen molar-refractivity contribution in [2.24, 2.45) is 4.99 Å². The lowest BCUT2D eigenvalue weighted by Crippen LogP contribution is -2.35. The van der Waals surface area contributed by atoms with Crippen LogP contribution in [0.4, 0.5) is 17.1 Å². The minimum Gasteiger partial charge on any atom is -0.493 e. The molecule has 1 N–H and O–H groups in total. The lowest BCUT2D eigenvalue weighted by atomic mass is 9.93. The summed E-state index contributed by atoms with van der Waals surface area (Å²) in [5.74, 6) is 0.500. The van der Waals surface area contributed by atoms with E-state index >= 15 is 0 Å². The fourth-order valence-corrected chi connectivity index (χ4v) is 3.91. The second kappa shape index (κ2) is 10.5. The van der Waals surface area contributed by atoms with Crippen molar-refractivity contribution in [2.45, 2.75) is 26.2 Å². The number of carbonyl (C=O) groups is 2. The van der Waals surface area contributed by atoms with Gasteiger partial charge in [-0.1, -0.05) is 6.92 Å². The number of nitrogens with one attached hydrogen (secondary N) is 1. The summed E-state index contributed by atoms with van der Waals surface area (Å²) in [6.07, 6.45) is 0.607. The molecule has 8 heteroatoms. The van der Waals surface area contributed by atoms with E-state index in [1.54, 1.807) is 32.1 Å². The standard InChI is InChI=1S/C25H32N4O4/c1-7-20(24-19-14-22(32-5)23(33-6)15-21(19)27-25(24)31)26-17-8-10-18(11-9-17)29(16(2)30)13-12-28(3)4/h8-11,14-15,24H,7,12-13H2,1-6H3,(H,27,31). The first-order chi connectivity index (χ1) is 15.8. The number of hydrogen-bond acceptors (Lipinski definition) is 6. The lowest BCUT2D eigenvalue weighted by molar-refractivity contribution is -0.117. The van der Waals surface area contributed by atoms with E-state index in [1.165, 1.54) is 0 Å². The van der Waals surface area contributed by atoms with E-state index in [1.807, 2.05) is 56.3 Å². The molecule has 176 valence electrons. The number of likely N-dealkylation sites (N-methyl/N-ethyl adjacent to an activating group) is 1. The van der Waals surface area contributed by atoms with Crippen LogP contribution in [0.3, 0.4) is 0 Å². The Hall–Kier alpha value is -3.39. The molecule has 0 spiro atoms. The molecule has 0 aromatic heterocycles. The third kappa shape index (κ3) is 5.34. The molecule has 1 atom stereocenters. The van der Waals surface area contributed by atoms with E-state index in [-0.39, 0.29) is 11.8 Å². The Balaban J connectivity index is 1.90. The van der Waals surface area contributed by atoms with Crippen LogP contribution in [-0.2, 0) is 9.59 Å². The topological polar surface area (TPSA) is 83.5 Å². The SMILES string of the molecule is CCC(=Nc1ccc(N(CCN(C)C)C(C)=O)cc1)C1C(=O)Nc2cc(OC)c(OC)cc21. The highest BCUT2D eigenvalue weighted by Crippen LogP contribution is 2.42. The second-order valence-electron chi connectivity index (χ2n) is 8.16. The Morgan fingerprint density at radius 2 is 1.70 bits per heavy atom. The Morgan fingerprint density at radius 1 is 1.06 bits per heavy atom. The molecule has 2 aromatic carbocycles. The van der Waals surface area contributed by atoms with Gasteiger partial charge in [-0.15, -0.1) is 0 Å². The van der Waals surface area contributed by atoms with Crippen molar-refractivity contribution in [1.29, 1.82) is 0 Å². The van der Waals surface area contributed by atoms with Crippen LogP contribution in [0.1, 0.15) is 31.7 Å². The van der Waals surface area contributed by atoms with Crippen molar-refractivity contribution >= 4 is 34.6 Å². The van der Waals surface area contributed by atoms with Gasteiger partial charge >= 0.3 is 0 Å². The Bertz CT molecular complexity index is 1050. The smallest absolute Gasteiger partial charge is 0.237 e. The molecule has 0 radical (unpaired) electrons. The highest BCUT2D eigenvalue weighted by molar-refractivity contribution is 6.19. The Morgan fingerprint density at radius 3 is 2.24 bits per heavy atom. The van der Waals surface area contributed by atoms with Crippen LogP contribution in [0.2, 0.25) is 0 Å². The molecule has 8 nitrogen and oxygen atoms in total. The predicted molar refractivity (Wildman–Crippen MR) is 131 cm³/mol. The summed E-state index contributed by atoms with van der Waals surface area (Å²) >= 11 is 0. The average Bonchev–Trinajstić information content (AvgIpc) is 3.11. The molecular formula is C25H32N4O4. The van der Waals surface area contributed by atoms with E-state index in [0.717, 1.165) is 29.2 Å². The van der Waals surface area contributed by atoms with Gasteiger partial charge in [0, 0.05) is 43.2 Å². The van der Waals surface area contributed by atoms with Crippen LogP contribution >= 0.6 is 0 Å². The maximum atomic E-state index is 12.8. The van der Waals surface area contributed by atoms with Gasteiger partial charge in [-0.05, 0) is 56.4 Å². The van der Waals surface area contributed by atoms with Crippen LogP contribution in [0.25, 0.3) is 0 Å². The number of aliphatic imine (C=N–C) groups is 1. The van der Waals surface area contributed by atoms with Gasteiger partial charge in [-0.2, -0.15) is 0 Å². The molecule has 0 bridgehead atoms. The van der Waals surface area contributed by atoms with Gasteiger partial charge in [-0.25, -0.2) is 0 Å². The number of nitrogens with zero attached hydrogens (tertiary/aromatic N) is 3. The molecule has 1 heterocycles. The molecule has 0 aliphatic carbocycles. The van der Waals surface area contributed by atoms with Crippen molar-refractivity contribution in [2.75, 3.05) is 51.6 Å². The van der Waals surface area contributed by atoms with Crippen LogP contribution in [-0.4, -0.2) is 63.8 Å². The van der Waals surface area contributed by atoms with Crippen molar-refractivity contribution < 1.29 is 19.1 Å². The van der Waals surface area contributed by atoms with Crippen LogP contribution in [0.15, 0.2) is 41.4 Å². The van der Waals surface area contributed by atoms with Crippen LogP contribution in [0, 0.1) is 0 Å². The predicted octanol–water partition coefficient (Wildman–Crippen LogP) is 3.84. The fourth-order valence-electron chi connectivity index (χ4n) is 3.91. The number of carbonyl (C=O) groups excluding carboxylic acids is 2. The second-order valence-corrected chi connectivity index (χ2v) is 8.16. The van der Waals surface area contributed by atoms with E-state index in [9.17, 15) is 9.59 Å². The van der Waals surface area contributed by atoms with Gasteiger partial charge < -0.3 is 24.6 Å². The summed E-state index contributed by atoms with van der Waals surface area (Å²) in [5, 5.41) is 2.93. The van der Waals surface area contributed by atoms with E-state index < -0.39 is 5.92 Å². The van der Waals surface area contributed by atoms with Crippen molar-refractivity contribution in [3.8, 4) is 11.5 Å². The molecule has 0 saturated heterocycles. The number of anilines is 2. The third-order valence-corrected chi connectivity index (χ3v) is 5.67. The summed E-state index contributed by atoms with van der Waals surface area (Å²) in [6.45, 7) is 4.92. The molecular weight excluding hydrogens is 420 g/mol. The number of methoxy groups -OCH3 is 2. The number of amides is 2. The minimum absolute atomic E-state index is 0.00837. The quantitative estimate of drug-likeness (QED) is 0.585. The number of fused-ring (bicyclic) bond motifs is 1. The molecule has 0 saturated carbocycles. The maximum absolute atomic E-state index is 12.8. The van der Waals surface area contributed by atoms with E-state index in [2.05, 4.69) is 5.32 Å². The van der Waals surface area contributed by atoms with Gasteiger partial charge in [0.2, 0.25) is 11.8 Å². The largest absolute Gasteiger partial charge is 0.493 e. The summed E-state index contributed by atoms with van der Waals surface area (Å²) in [7, 11) is 7.09. The number of hydrogen-bond donors (Lipinski definition) is 1. The monoisotopic (exact) mass is 452 g/mol. The van der Waals surface area contributed by atoms with Gasteiger partial charge in [0.25, 0.3) is 0 Å². The van der Waals surface area contributed by atoms with Crippen LogP contribution < -0.4 is 19.7 Å². The first-order valence-corrected chi connectivity index (χ1v) is 11.0. The molecule has 1 aliphatic rings. The van der Waals surface area contributed by atoms with Gasteiger partial charge in [-0.3, -0.25) is 14.6 Å². The van der Waals surface area contributed by atoms with Gasteiger partial charge in [0.1, 0.15) is 5.92 Å². The number of rotatable bonds is 9. The minimum atomic E-state index is -0.502. The Labute approximate surface area is 195 Å². The summed E-state index contributed by atoms with van der Waals surface area (Å²) in [5.41, 5.74) is 3.83. The zero-order chi connectivity index (χ0) is 24.1. The zero-order valence-electron chi connectivity index (χ0n) is 20.1. The van der Waals surface area contributed by atoms with Crippen molar-refractivity contribution in [3.63, 3.8) is 0 Å². The molecule has 33 heavy (non-hydrogen) atoms. The summed E-state index contributed by atoms with van der Waals surface area (Å²) in [6, 6.07) is 11.1. The maximum Gasteiger partial charge on any atom is 0.237 e. The average molecular weight is 453 g/mol. The van der Waals surface area contributed by atoms with E-state index in [4.69, 9.17) is 14.5 Å². The first kappa shape index (κ1) is 24.3. The lowest BCUT2D eigenvalue weighted by Gasteiger charge is -2.23. The molecule has 1 unspecified atom stereocenters. The summed E-state index contributed by atoms with van der Waals surface area (Å²) < 4.78 is 10.8. The number of benzene rings is 2. The molecule has 1 aliphatic heterocycles. The first-order valence-electron chi connectivity index (χ1n) is 11.0.